The lowest BCUT2D eigenvalue weighted by atomic mass is 10.1. The van der Waals surface area contributed by atoms with Crippen LogP contribution in [0.1, 0.15) is 32.9 Å². The average Bonchev–Trinajstić information content (AvgIpc) is 3.21. The third-order valence-electron chi connectivity index (χ3n) is 5.25. The SMILES string of the molecule is Cc1ccc(-n2c(COc3c(C)cccc3C)nnc2SCC(=O)c2ccc(Br)cc2)cc1. The minimum atomic E-state index is 0.0410. The van der Waals surface area contributed by atoms with Crippen LogP contribution in [0.25, 0.3) is 5.69 Å². The van der Waals surface area contributed by atoms with Gasteiger partial charge in [-0.1, -0.05) is 75.7 Å². The number of hydrogen-bond acceptors (Lipinski definition) is 5. The van der Waals surface area contributed by atoms with Crippen LogP contribution < -0.4 is 4.74 Å². The highest BCUT2D eigenvalue weighted by Gasteiger charge is 2.18. The summed E-state index contributed by atoms with van der Waals surface area (Å²) in [5, 5.41) is 9.45. The zero-order chi connectivity index (χ0) is 23.4. The number of Topliss-reactive ketones (excluding diaryl/α,β-unsaturated/α-hetero) is 1. The van der Waals surface area contributed by atoms with Gasteiger partial charge in [0.25, 0.3) is 0 Å². The molecule has 7 heteroatoms. The minimum Gasteiger partial charge on any atom is -0.485 e. The third kappa shape index (κ3) is 5.54. The van der Waals surface area contributed by atoms with Gasteiger partial charge in [-0.2, -0.15) is 0 Å². The summed E-state index contributed by atoms with van der Waals surface area (Å²) in [4.78, 5) is 12.7. The van der Waals surface area contributed by atoms with Crippen molar-refractivity contribution in [2.24, 2.45) is 0 Å². The highest BCUT2D eigenvalue weighted by atomic mass is 79.9. The fourth-order valence-electron chi connectivity index (χ4n) is 3.45. The van der Waals surface area contributed by atoms with Gasteiger partial charge in [-0.05, 0) is 56.2 Å². The van der Waals surface area contributed by atoms with Crippen molar-refractivity contribution in [2.45, 2.75) is 32.5 Å². The summed E-state index contributed by atoms with van der Waals surface area (Å²) in [6, 6.07) is 21.6. The van der Waals surface area contributed by atoms with Crippen LogP contribution in [0.5, 0.6) is 5.75 Å². The Bertz CT molecular complexity index is 1250. The zero-order valence-corrected chi connectivity index (χ0v) is 21.1. The number of aryl methyl sites for hydroxylation is 3. The van der Waals surface area contributed by atoms with Gasteiger partial charge >= 0.3 is 0 Å². The van der Waals surface area contributed by atoms with E-state index in [1.54, 1.807) is 0 Å². The monoisotopic (exact) mass is 521 g/mol. The molecular formula is C26H24BrN3O2S. The van der Waals surface area contributed by atoms with Crippen LogP contribution in [0.4, 0.5) is 0 Å². The maximum absolute atomic E-state index is 12.7. The van der Waals surface area contributed by atoms with Gasteiger partial charge in [0.2, 0.25) is 0 Å². The summed E-state index contributed by atoms with van der Waals surface area (Å²) in [5.74, 6) is 1.85. The molecule has 33 heavy (non-hydrogen) atoms. The van der Waals surface area contributed by atoms with E-state index in [1.165, 1.54) is 17.3 Å². The Morgan fingerprint density at radius 1 is 0.939 bits per heavy atom. The van der Waals surface area contributed by atoms with E-state index in [0.29, 0.717) is 16.5 Å². The summed E-state index contributed by atoms with van der Waals surface area (Å²) in [7, 11) is 0. The molecule has 0 aliphatic carbocycles. The van der Waals surface area contributed by atoms with Gasteiger partial charge in [-0.15, -0.1) is 10.2 Å². The number of halogens is 1. The molecule has 0 N–H and O–H groups in total. The van der Waals surface area contributed by atoms with E-state index in [-0.39, 0.29) is 18.1 Å². The Hall–Kier alpha value is -2.90. The first-order valence-corrected chi connectivity index (χ1v) is 12.3. The Labute approximate surface area is 206 Å². The molecule has 4 rings (SSSR count). The minimum absolute atomic E-state index is 0.0410. The predicted molar refractivity (Wildman–Crippen MR) is 136 cm³/mol. The smallest absolute Gasteiger partial charge is 0.196 e. The molecule has 168 valence electrons. The quantitative estimate of drug-likeness (QED) is 0.195. The van der Waals surface area contributed by atoms with Crippen molar-refractivity contribution in [1.29, 1.82) is 0 Å². The van der Waals surface area contributed by atoms with Crippen LogP contribution in [-0.4, -0.2) is 26.3 Å². The third-order valence-corrected chi connectivity index (χ3v) is 6.70. The molecule has 1 heterocycles. The molecule has 0 aliphatic rings. The second kappa shape index (κ2) is 10.4. The van der Waals surface area contributed by atoms with Crippen LogP contribution in [-0.2, 0) is 6.61 Å². The maximum atomic E-state index is 12.7. The van der Waals surface area contributed by atoms with Crippen LogP contribution in [0.3, 0.4) is 0 Å². The van der Waals surface area contributed by atoms with Gasteiger partial charge in [0.15, 0.2) is 16.8 Å². The number of carbonyl (C=O) groups excluding carboxylic acids is 1. The van der Waals surface area contributed by atoms with Crippen molar-refractivity contribution in [3.8, 4) is 11.4 Å². The van der Waals surface area contributed by atoms with Crippen molar-refractivity contribution in [2.75, 3.05) is 5.75 Å². The van der Waals surface area contributed by atoms with Gasteiger partial charge in [0.05, 0.1) is 5.75 Å². The van der Waals surface area contributed by atoms with E-state index in [1.807, 2.05) is 92.1 Å². The Kier molecular flexibility index (Phi) is 7.30. The number of para-hydroxylation sites is 1. The standard InChI is InChI=1S/C26H24BrN3O2S/c1-17-7-13-22(14-8-17)30-24(15-32-25-18(2)5-4-6-19(25)3)28-29-26(30)33-16-23(31)20-9-11-21(27)12-10-20/h4-14H,15-16H2,1-3H3. The molecule has 3 aromatic carbocycles. The summed E-state index contributed by atoms with van der Waals surface area (Å²) in [6.07, 6.45) is 0. The molecule has 0 saturated heterocycles. The van der Waals surface area contributed by atoms with E-state index in [4.69, 9.17) is 4.74 Å². The van der Waals surface area contributed by atoms with Gasteiger partial charge in [0.1, 0.15) is 12.4 Å². The van der Waals surface area contributed by atoms with E-state index in [2.05, 4.69) is 26.1 Å². The molecule has 5 nitrogen and oxygen atoms in total. The zero-order valence-electron chi connectivity index (χ0n) is 18.7. The molecule has 0 saturated carbocycles. The lowest BCUT2D eigenvalue weighted by Crippen LogP contribution is -2.09. The van der Waals surface area contributed by atoms with Gasteiger partial charge < -0.3 is 4.74 Å². The molecule has 0 atom stereocenters. The predicted octanol–water partition coefficient (Wildman–Crippen LogP) is 6.51. The van der Waals surface area contributed by atoms with E-state index >= 15 is 0 Å². The molecule has 0 spiro atoms. The van der Waals surface area contributed by atoms with Crippen molar-refractivity contribution >= 4 is 33.5 Å². The summed E-state index contributed by atoms with van der Waals surface area (Å²) in [6.45, 7) is 6.38. The normalized spacial score (nSPS) is 10.9. The Morgan fingerprint density at radius 3 is 2.27 bits per heavy atom. The number of nitrogens with zero attached hydrogens (tertiary/aromatic N) is 3. The topological polar surface area (TPSA) is 57.0 Å². The summed E-state index contributed by atoms with van der Waals surface area (Å²) < 4.78 is 9.06. The molecule has 1 aromatic heterocycles. The highest BCUT2D eigenvalue weighted by molar-refractivity contribution is 9.10. The molecule has 0 radical (unpaired) electrons. The van der Waals surface area contributed by atoms with Gasteiger partial charge in [0, 0.05) is 15.7 Å². The van der Waals surface area contributed by atoms with Crippen LogP contribution in [0.2, 0.25) is 0 Å². The summed E-state index contributed by atoms with van der Waals surface area (Å²) >= 11 is 4.78. The van der Waals surface area contributed by atoms with E-state index in [0.717, 1.165) is 27.0 Å². The lowest BCUT2D eigenvalue weighted by molar-refractivity contribution is 0.102. The first-order valence-electron chi connectivity index (χ1n) is 10.5. The highest BCUT2D eigenvalue weighted by Crippen LogP contribution is 2.27. The molecule has 0 aliphatic heterocycles. The molecule has 0 bridgehead atoms. The number of ether oxygens (including phenoxy) is 1. The first kappa shape index (κ1) is 23.3. The van der Waals surface area contributed by atoms with Crippen molar-refractivity contribution in [1.82, 2.24) is 14.8 Å². The second-order valence-corrected chi connectivity index (χ2v) is 9.66. The fraction of sp³-hybridized carbons (Fsp3) is 0.192. The number of thioether (sulfide) groups is 1. The number of benzene rings is 3. The Balaban J connectivity index is 1.59. The largest absolute Gasteiger partial charge is 0.485 e. The number of hydrogen-bond donors (Lipinski definition) is 0. The molecule has 4 aromatic rings. The number of rotatable bonds is 8. The second-order valence-electron chi connectivity index (χ2n) is 7.80. The van der Waals surface area contributed by atoms with Crippen LogP contribution >= 0.6 is 27.7 Å². The van der Waals surface area contributed by atoms with E-state index in [9.17, 15) is 4.79 Å². The maximum Gasteiger partial charge on any atom is 0.196 e. The average molecular weight is 522 g/mol. The lowest BCUT2D eigenvalue weighted by Gasteiger charge is -2.14. The van der Waals surface area contributed by atoms with Gasteiger partial charge in [-0.3, -0.25) is 9.36 Å². The molecular weight excluding hydrogens is 498 g/mol. The van der Waals surface area contributed by atoms with Crippen LogP contribution in [0.15, 0.2) is 76.4 Å². The number of aromatic nitrogens is 3. The molecule has 0 unspecified atom stereocenters. The first-order chi connectivity index (χ1) is 15.9. The van der Waals surface area contributed by atoms with Crippen molar-refractivity contribution < 1.29 is 9.53 Å². The number of ketones is 1. The molecule has 0 amide bonds. The van der Waals surface area contributed by atoms with E-state index < -0.39 is 0 Å². The Morgan fingerprint density at radius 2 is 1.61 bits per heavy atom. The van der Waals surface area contributed by atoms with Crippen molar-refractivity contribution in [3.63, 3.8) is 0 Å². The van der Waals surface area contributed by atoms with Crippen LogP contribution in [0, 0.1) is 20.8 Å². The molecule has 0 fully saturated rings. The fourth-order valence-corrected chi connectivity index (χ4v) is 4.58. The summed E-state index contributed by atoms with van der Waals surface area (Å²) in [5.41, 5.74) is 4.92. The van der Waals surface area contributed by atoms with Crippen molar-refractivity contribution in [3.05, 3.63) is 99.3 Å². The van der Waals surface area contributed by atoms with Gasteiger partial charge in [-0.25, -0.2) is 0 Å². The number of carbonyl (C=O) groups is 1.